The number of aryl methyl sites for hydroxylation is 1. The molecule has 0 amide bonds. The second kappa shape index (κ2) is 9.05. The second-order valence-electron chi connectivity index (χ2n) is 7.50. The number of ether oxygens (including phenoxy) is 1. The highest BCUT2D eigenvalue weighted by atomic mass is 16.5. The van der Waals surface area contributed by atoms with Crippen LogP contribution in [0, 0.1) is 0 Å². The van der Waals surface area contributed by atoms with Gasteiger partial charge in [0.1, 0.15) is 12.4 Å². The van der Waals surface area contributed by atoms with E-state index in [1.165, 1.54) is 5.56 Å². The molecule has 1 aliphatic rings. The second-order valence-corrected chi connectivity index (χ2v) is 7.50. The Balaban J connectivity index is 1.99. The van der Waals surface area contributed by atoms with Crippen LogP contribution in [0.3, 0.4) is 0 Å². The van der Waals surface area contributed by atoms with Crippen molar-refractivity contribution in [3.63, 3.8) is 0 Å². The molecule has 148 valence electrons. The minimum atomic E-state index is 0.0390. The van der Waals surface area contributed by atoms with Gasteiger partial charge in [0.15, 0.2) is 0 Å². The van der Waals surface area contributed by atoms with Crippen LogP contribution in [0.2, 0.25) is 0 Å². The van der Waals surface area contributed by atoms with Gasteiger partial charge in [0.05, 0.1) is 17.1 Å². The largest absolute Gasteiger partial charge is 0.490 e. The molecule has 4 heteroatoms. The number of nitrogens with zero attached hydrogens (tertiary/aromatic N) is 1. The third kappa shape index (κ3) is 4.27. The van der Waals surface area contributed by atoms with Gasteiger partial charge in [-0.3, -0.25) is 9.79 Å². The van der Waals surface area contributed by atoms with Crippen molar-refractivity contribution in [3.05, 3.63) is 69.7 Å². The van der Waals surface area contributed by atoms with Gasteiger partial charge in [-0.1, -0.05) is 46.3 Å². The lowest BCUT2D eigenvalue weighted by Gasteiger charge is -2.23. The molecule has 1 aromatic heterocycles. The maximum absolute atomic E-state index is 12.7. The van der Waals surface area contributed by atoms with Crippen molar-refractivity contribution in [2.24, 2.45) is 4.99 Å². The number of aliphatic imine (C=N–C) groups is 1. The number of fused-ring (bicyclic) bond motifs is 1. The number of aromatic nitrogens is 1. The molecular weight excluding hydrogens is 348 g/mol. The highest BCUT2D eigenvalue weighted by molar-refractivity contribution is 6.02. The monoisotopic (exact) mass is 378 g/mol. The van der Waals surface area contributed by atoms with Crippen molar-refractivity contribution >= 4 is 11.4 Å². The fraction of sp³-hybridized carbons (Fsp3) is 0.417. The van der Waals surface area contributed by atoms with E-state index in [-0.39, 0.29) is 5.56 Å². The molecule has 1 unspecified atom stereocenters. The van der Waals surface area contributed by atoms with Crippen molar-refractivity contribution in [2.45, 2.75) is 58.8 Å². The van der Waals surface area contributed by atoms with E-state index in [2.05, 4.69) is 44.5 Å². The standard InChI is InChI=1S/C24H30N2O2/c1-5-8-17-14-23(26-24(27)19(17)9-6-2)22-13-16(4)20-15-18(28-12-7-3)10-11-21(20)25-22/h7,10-11,14-16H,3,5-6,8-9,12-13H2,1-2,4H3,(H,26,27). The summed E-state index contributed by atoms with van der Waals surface area (Å²) in [5, 5.41) is 0. The lowest BCUT2D eigenvalue weighted by Crippen LogP contribution is -2.22. The van der Waals surface area contributed by atoms with E-state index < -0.39 is 0 Å². The Kier molecular flexibility index (Phi) is 6.50. The number of hydrogen-bond donors (Lipinski definition) is 1. The Morgan fingerprint density at radius 1 is 1.25 bits per heavy atom. The highest BCUT2D eigenvalue weighted by Crippen LogP contribution is 2.37. The molecule has 2 aromatic rings. The summed E-state index contributed by atoms with van der Waals surface area (Å²) in [6, 6.07) is 8.16. The molecule has 1 aromatic carbocycles. The van der Waals surface area contributed by atoms with Crippen molar-refractivity contribution < 1.29 is 4.74 Å². The molecule has 4 nitrogen and oxygen atoms in total. The average molecular weight is 379 g/mol. The minimum Gasteiger partial charge on any atom is -0.490 e. The van der Waals surface area contributed by atoms with Crippen LogP contribution in [0.4, 0.5) is 5.69 Å². The first-order valence-electron chi connectivity index (χ1n) is 10.3. The topological polar surface area (TPSA) is 54.5 Å². The predicted molar refractivity (Wildman–Crippen MR) is 116 cm³/mol. The summed E-state index contributed by atoms with van der Waals surface area (Å²) in [7, 11) is 0. The maximum Gasteiger partial charge on any atom is 0.251 e. The number of pyridine rings is 1. The zero-order chi connectivity index (χ0) is 20.1. The van der Waals surface area contributed by atoms with E-state index >= 15 is 0 Å². The van der Waals surface area contributed by atoms with E-state index in [1.807, 2.05) is 12.1 Å². The third-order valence-electron chi connectivity index (χ3n) is 5.21. The molecule has 0 saturated carbocycles. The van der Waals surface area contributed by atoms with Gasteiger partial charge < -0.3 is 9.72 Å². The van der Waals surface area contributed by atoms with E-state index in [1.54, 1.807) is 6.08 Å². The summed E-state index contributed by atoms with van der Waals surface area (Å²) in [5.74, 6) is 1.15. The summed E-state index contributed by atoms with van der Waals surface area (Å²) in [5.41, 5.74) is 6.09. The van der Waals surface area contributed by atoms with E-state index in [0.717, 1.165) is 66.1 Å². The summed E-state index contributed by atoms with van der Waals surface area (Å²) in [6.45, 7) is 10.6. The normalized spacial score (nSPS) is 15.7. The van der Waals surface area contributed by atoms with Crippen LogP contribution in [-0.4, -0.2) is 17.3 Å². The summed E-state index contributed by atoms with van der Waals surface area (Å²) in [6.07, 6.45) is 6.29. The van der Waals surface area contributed by atoms with Crippen LogP contribution in [-0.2, 0) is 12.8 Å². The van der Waals surface area contributed by atoms with Gasteiger partial charge in [0.25, 0.3) is 5.56 Å². The summed E-state index contributed by atoms with van der Waals surface area (Å²) >= 11 is 0. The molecule has 3 rings (SSSR count). The molecule has 28 heavy (non-hydrogen) atoms. The first-order chi connectivity index (χ1) is 13.6. The quantitative estimate of drug-likeness (QED) is 0.619. The van der Waals surface area contributed by atoms with Crippen molar-refractivity contribution in [2.75, 3.05) is 6.61 Å². The molecule has 0 saturated heterocycles. The van der Waals surface area contributed by atoms with Crippen LogP contribution in [0.1, 0.15) is 68.3 Å². The molecule has 1 aliphatic heterocycles. The van der Waals surface area contributed by atoms with Gasteiger partial charge in [0.2, 0.25) is 0 Å². The van der Waals surface area contributed by atoms with E-state index in [9.17, 15) is 4.79 Å². The predicted octanol–water partition coefficient (Wildman–Crippen LogP) is 5.47. The van der Waals surface area contributed by atoms with Gasteiger partial charge in [-0.25, -0.2) is 0 Å². The number of nitrogens with one attached hydrogen (secondary N) is 1. The van der Waals surface area contributed by atoms with Crippen LogP contribution in [0.15, 0.2) is 46.7 Å². The Bertz CT molecular complexity index is 940. The molecule has 0 spiro atoms. The molecule has 0 aliphatic carbocycles. The molecule has 1 N–H and O–H groups in total. The lowest BCUT2D eigenvalue weighted by molar-refractivity contribution is 0.362. The van der Waals surface area contributed by atoms with Crippen LogP contribution in [0.25, 0.3) is 0 Å². The van der Waals surface area contributed by atoms with Crippen molar-refractivity contribution in [3.8, 4) is 5.75 Å². The number of rotatable bonds is 8. The van der Waals surface area contributed by atoms with Crippen LogP contribution in [0.5, 0.6) is 5.75 Å². The Hall–Kier alpha value is -2.62. The highest BCUT2D eigenvalue weighted by Gasteiger charge is 2.22. The van der Waals surface area contributed by atoms with Crippen molar-refractivity contribution in [1.29, 1.82) is 0 Å². The number of H-pyrrole nitrogens is 1. The average Bonchev–Trinajstić information content (AvgIpc) is 2.69. The first kappa shape index (κ1) is 20.1. The van der Waals surface area contributed by atoms with Gasteiger partial charge in [0, 0.05) is 5.56 Å². The zero-order valence-electron chi connectivity index (χ0n) is 17.2. The van der Waals surface area contributed by atoms with Crippen LogP contribution >= 0.6 is 0 Å². The van der Waals surface area contributed by atoms with Crippen LogP contribution < -0.4 is 10.3 Å². The summed E-state index contributed by atoms with van der Waals surface area (Å²) < 4.78 is 5.66. The first-order valence-corrected chi connectivity index (χ1v) is 10.3. The number of hydrogen-bond acceptors (Lipinski definition) is 3. The minimum absolute atomic E-state index is 0.0390. The Labute approximate surface area is 167 Å². The summed E-state index contributed by atoms with van der Waals surface area (Å²) in [4.78, 5) is 20.7. The SMILES string of the molecule is C=CCOc1ccc2c(c1)C(C)CC(c1cc(CCC)c(CCC)c(=O)[nH]1)=N2. The maximum atomic E-state index is 12.7. The Morgan fingerprint density at radius 2 is 2.04 bits per heavy atom. The lowest BCUT2D eigenvalue weighted by atomic mass is 9.89. The fourth-order valence-electron chi connectivity index (χ4n) is 3.85. The van der Waals surface area contributed by atoms with Gasteiger partial charge in [-0.2, -0.15) is 0 Å². The van der Waals surface area contributed by atoms with Gasteiger partial charge >= 0.3 is 0 Å². The molecular formula is C24H30N2O2. The van der Waals surface area contributed by atoms with Crippen molar-refractivity contribution in [1.82, 2.24) is 4.98 Å². The molecule has 1 atom stereocenters. The smallest absolute Gasteiger partial charge is 0.251 e. The molecule has 0 fully saturated rings. The number of aromatic amines is 1. The fourth-order valence-corrected chi connectivity index (χ4v) is 3.85. The molecule has 0 bridgehead atoms. The number of benzene rings is 1. The Morgan fingerprint density at radius 3 is 2.75 bits per heavy atom. The van der Waals surface area contributed by atoms with Gasteiger partial charge in [-0.15, -0.1) is 0 Å². The van der Waals surface area contributed by atoms with E-state index in [0.29, 0.717) is 12.5 Å². The third-order valence-corrected chi connectivity index (χ3v) is 5.21. The van der Waals surface area contributed by atoms with Gasteiger partial charge in [-0.05, 0) is 60.6 Å². The molecule has 2 heterocycles. The molecule has 0 radical (unpaired) electrons. The zero-order valence-corrected chi connectivity index (χ0v) is 17.2. The van der Waals surface area contributed by atoms with E-state index in [4.69, 9.17) is 9.73 Å².